The van der Waals surface area contributed by atoms with Gasteiger partial charge in [0.25, 0.3) is 0 Å². The molecule has 7 nitrogen and oxygen atoms in total. The molecule has 0 aliphatic carbocycles. The van der Waals surface area contributed by atoms with Gasteiger partial charge in [0.2, 0.25) is 5.88 Å². The summed E-state index contributed by atoms with van der Waals surface area (Å²) in [7, 11) is 2.81. The van der Waals surface area contributed by atoms with E-state index in [1.165, 1.54) is 19.1 Å². The highest BCUT2D eigenvalue weighted by Crippen LogP contribution is 2.27. The van der Waals surface area contributed by atoms with Crippen molar-refractivity contribution in [1.82, 2.24) is 9.88 Å². The first kappa shape index (κ1) is 17.8. The second kappa shape index (κ2) is 6.90. The number of esters is 1. The number of ether oxygens (including phenoxy) is 3. The van der Waals surface area contributed by atoms with E-state index in [4.69, 9.17) is 14.2 Å². The number of amides is 1. The van der Waals surface area contributed by atoms with Gasteiger partial charge in [-0.05, 0) is 38.5 Å². The SMILES string of the molecule is COC(=O)C1C=C(c2cccc(OC)n2)CN1C(=O)OC(C)(C)C. The van der Waals surface area contributed by atoms with Crippen LogP contribution in [0.2, 0.25) is 0 Å². The molecule has 0 N–H and O–H groups in total. The van der Waals surface area contributed by atoms with Crippen molar-refractivity contribution in [2.45, 2.75) is 32.4 Å². The summed E-state index contributed by atoms with van der Waals surface area (Å²) in [5.74, 6) is -0.0718. The van der Waals surface area contributed by atoms with Crippen LogP contribution in [0.3, 0.4) is 0 Å². The molecule has 1 aromatic rings. The maximum absolute atomic E-state index is 12.4. The Labute approximate surface area is 141 Å². The van der Waals surface area contributed by atoms with E-state index in [1.807, 2.05) is 0 Å². The van der Waals surface area contributed by atoms with Crippen LogP contribution < -0.4 is 4.74 Å². The fraction of sp³-hybridized carbons (Fsp3) is 0.471. The van der Waals surface area contributed by atoms with Gasteiger partial charge in [0.15, 0.2) is 6.04 Å². The van der Waals surface area contributed by atoms with Gasteiger partial charge in [0.1, 0.15) is 5.60 Å². The van der Waals surface area contributed by atoms with Gasteiger partial charge in [-0.15, -0.1) is 0 Å². The maximum Gasteiger partial charge on any atom is 0.411 e. The summed E-state index contributed by atoms with van der Waals surface area (Å²) in [6.07, 6.45) is 1.09. The molecule has 0 spiro atoms. The average Bonchev–Trinajstić information content (AvgIpc) is 2.98. The van der Waals surface area contributed by atoms with Gasteiger partial charge in [-0.2, -0.15) is 0 Å². The van der Waals surface area contributed by atoms with E-state index in [1.54, 1.807) is 45.0 Å². The van der Waals surface area contributed by atoms with Crippen LogP contribution in [-0.4, -0.2) is 54.4 Å². The van der Waals surface area contributed by atoms with Crippen LogP contribution in [0.5, 0.6) is 5.88 Å². The van der Waals surface area contributed by atoms with Gasteiger partial charge in [0.05, 0.1) is 26.5 Å². The predicted molar refractivity (Wildman–Crippen MR) is 87.5 cm³/mol. The van der Waals surface area contributed by atoms with Crippen molar-refractivity contribution >= 4 is 17.6 Å². The van der Waals surface area contributed by atoms with Gasteiger partial charge in [-0.25, -0.2) is 14.6 Å². The van der Waals surface area contributed by atoms with E-state index in [2.05, 4.69) is 4.98 Å². The largest absolute Gasteiger partial charge is 0.481 e. The molecule has 2 rings (SSSR count). The quantitative estimate of drug-likeness (QED) is 0.789. The Morgan fingerprint density at radius 1 is 1.25 bits per heavy atom. The molecule has 1 aliphatic heterocycles. The van der Waals surface area contributed by atoms with Crippen LogP contribution >= 0.6 is 0 Å². The minimum absolute atomic E-state index is 0.203. The van der Waals surface area contributed by atoms with Crippen molar-refractivity contribution in [2.75, 3.05) is 20.8 Å². The lowest BCUT2D eigenvalue weighted by atomic mass is 10.1. The lowest BCUT2D eigenvalue weighted by Gasteiger charge is -2.27. The van der Waals surface area contributed by atoms with E-state index in [-0.39, 0.29) is 6.54 Å². The van der Waals surface area contributed by atoms with Crippen molar-refractivity contribution < 1.29 is 23.8 Å². The molecule has 0 aromatic carbocycles. The highest BCUT2D eigenvalue weighted by Gasteiger charge is 2.37. The summed E-state index contributed by atoms with van der Waals surface area (Å²) in [6, 6.07) is 4.47. The Bertz CT molecular complexity index is 663. The van der Waals surface area contributed by atoms with Crippen molar-refractivity contribution in [3.05, 3.63) is 30.0 Å². The third kappa shape index (κ3) is 4.04. The number of aromatic nitrogens is 1. The van der Waals surface area contributed by atoms with E-state index in [0.29, 0.717) is 11.6 Å². The zero-order chi connectivity index (χ0) is 17.9. The Hall–Kier alpha value is -2.57. The molecule has 2 heterocycles. The van der Waals surface area contributed by atoms with E-state index < -0.39 is 23.7 Å². The Morgan fingerprint density at radius 2 is 1.96 bits per heavy atom. The van der Waals surface area contributed by atoms with Crippen molar-refractivity contribution in [1.29, 1.82) is 0 Å². The van der Waals surface area contributed by atoms with Crippen LogP contribution in [0.4, 0.5) is 4.79 Å². The summed E-state index contributed by atoms with van der Waals surface area (Å²) in [6.45, 7) is 5.51. The summed E-state index contributed by atoms with van der Waals surface area (Å²) in [5, 5.41) is 0. The minimum Gasteiger partial charge on any atom is -0.481 e. The van der Waals surface area contributed by atoms with E-state index >= 15 is 0 Å². The molecular weight excluding hydrogens is 312 g/mol. The molecule has 0 bridgehead atoms. The second-order valence-corrected chi connectivity index (χ2v) is 6.33. The zero-order valence-electron chi connectivity index (χ0n) is 14.5. The molecule has 7 heteroatoms. The van der Waals surface area contributed by atoms with Gasteiger partial charge in [-0.1, -0.05) is 6.07 Å². The number of hydrogen-bond donors (Lipinski definition) is 0. The molecular formula is C17H22N2O5. The molecule has 0 saturated carbocycles. The Balaban J connectivity index is 2.29. The number of pyridine rings is 1. The third-order valence-corrected chi connectivity index (χ3v) is 3.37. The molecule has 0 saturated heterocycles. The third-order valence-electron chi connectivity index (χ3n) is 3.37. The van der Waals surface area contributed by atoms with Gasteiger partial charge >= 0.3 is 12.1 Å². The molecule has 1 amide bonds. The second-order valence-electron chi connectivity index (χ2n) is 6.33. The molecule has 1 atom stereocenters. The molecule has 1 unspecified atom stereocenters. The first-order chi connectivity index (χ1) is 11.2. The highest BCUT2D eigenvalue weighted by molar-refractivity contribution is 5.89. The molecule has 0 radical (unpaired) electrons. The molecule has 0 fully saturated rings. The lowest BCUT2D eigenvalue weighted by molar-refractivity contribution is -0.144. The summed E-state index contributed by atoms with van der Waals surface area (Å²) in [4.78, 5) is 30.1. The van der Waals surface area contributed by atoms with Crippen LogP contribution in [0.1, 0.15) is 26.5 Å². The van der Waals surface area contributed by atoms with Crippen molar-refractivity contribution in [3.8, 4) is 5.88 Å². The number of hydrogen-bond acceptors (Lipinski definition) is 6. The number of carbonyl (C=O) groups excluding carboxylic acids is 2. The number of carbonyl (C=O) groups is 2. The highest BCUT2D eigenvalue weighted by atomic mass is 16.6. The molecule has 1 aliphatic rings. The van der Waals surface area contributed by atoms with Crippen LogP contribution in [0.15, 0.2) is 24.3 Å². The van der Waals surface area contributed by atoms with Crippen LogP contribution in [0, 0.1) is 0 Å². The van der Waals surface area contributed by atoms with Crippen molar-refractivity contribution in [2.24, 2.45) is 0 Å². The lowest BCUT2D eigenvalue weighted by Crippen LogP contribution is -2.44. The predicted octanol–water partition coefficient (Wildman–Crippen LogP) is 2.27. The average molecular weight is 334 g/mol. The molecule has 24 heavy (non-hydrogen) atoms. The maximum atomic E-state index is 12.4. The van der Waals surface area contributed by atoms with Crippen LogP contribution in [-0.2, 0) is 14.3 Å². The smallest absolute Gasteiger partial charge is 0.411 e. The topological polar surface area (TPSA) is 78.0 Å². The van der Waals surface area contributed by atoms with E-state index in [9.17, 15) is 9.59 Å². The normalized spacial score (nSPS) is 17.3. The van der Waals surface area contributed by atoms with Crippen molar-refractivity contribution in [3.63, 3.8) is 0 Å². The number of rotatable bonds is 3. The molecule has 130 valence electrons. The number of methoxy groups -OCH3 is 2. The summed E-state index contributed by atoms with van der Waals surface area (Å²) >= 11 is 0. The summed E-state index contributed by atoms with van der Waals surface area (Å²) in [5.41, 5.74) is 0.707. The van der Waals surface area contributed by atoms with Gasteiger partial charge < -0.3 is 14.2 Å². The fourth-order valence-electron chi connectivity index (χ4n) is 2.30. The Morgan fingerprint density at radius 3 is 2.54 bits per heavy atom. The molecule has 1 aromatic heterocycles. The Kier molecular flexibility index (Phi) is 5.11. The standard InChI is InChI=1S/C17H22N2O5/c1-17(2,3)24-16(21)19-10-11(9-13(19)15(20)23-5)12-7-6-8-14(18-12)22-4/h6-9,13H,10H2,1-5H3. The van der Waals surface area contributed by atoms with Crippen LogP contribution in [0.25, 0.3) is 5.57 Å². The minimum atomic E-state index is -0.840. The fourth-order valence-corrected chi connectivity index (χ4v) is 2.30. The van der Waals surface area contributed by atoms with Gasteiger partial charge in [0, 0.05) is 6.07 Å². The monoisotopic (exact) mass is 334 g/mol. The first-order valence-corrected chi connectivity index (χ1v) is 7.54. The van der Waals surface area contributed by atoms with E-state index in [0.717, 1.165) is 5.57 Å². The summed E-state index contributed by atoms with van der Waals surface area (Å²) < 4.78 is 15.3. The first-order valence-electron chi connectivity index (χ1n) is 7.54. The number of nitrogens with zero attached hydrogens (tertiary/aromatic N) is 2. The van der Waals surface area contributed by atoms with Gasteiger partial charge in [-0.3, -0.25) is 4.90 Å². The zero-order valence-corrected chi connectivity index (χ0v) is 14.5.